The van der Waals surface area contributed by atoms with E-state index in [0.717, 1.165) is 42.5 Å². The third-order valence-electron chi connectivity index (χ3n) is 6.44. The summed E-state index contributed by atoms with van der Waals surface area (Å²) in [6, 6.07) is 13.6. The van der Waals surface area contributed by atoms with Gasteiger partial charge in [-0.25, -0.2) is 14.3 Å². The van der Waals surface area contributed by atoms with Crippen molar-refractivity contribution in [3.05, 3.63) is 65.5 Å². The summed E-state index contributed by atoms with van der Waals surface area (Å²) < 4.78 is 13.3. The number of halogens is 1. The lowest BCUT2D eigenvalue weighted by Crippen LogP contribution is -2.41. The summed E-state index contributed by atoms with van der Waals surface area (Å²) in [5, 5.41) is 3.68. The summed E-state index contributed by atoms with van der Waals surface area (Å²) in [5.41, 5.74) is 2.52. The van der Waals surface area contributed by atoms with E-state index in [-0.39, 0.29) is 30.1 Å². The number of aliphatic imine (C=N–C) groups is 2. The first-order valence-electron chi connectivity index (χ1n) is 11.8. The minimum absolute atomic E-state index is 0.00949. The zero-order valence-corrected chi connectivity index (χ0v) is 19.7. The average molecular weight is 479 g/mol. The highest BCUT2D eigenvalue weighted by molar-refractivity contribution is 8.13. The second-order valence-electron chi connectivity index (χ2n) is 8.91. The lowest BCUT2D eigenvalue weighted by atomic mass is 9.95. The van der Waals surface area contributed by atoms with Crippen molar-refractivity contribution in [3.8, 4) is 0 Å². The number of nitrogens with one attached hydrogen (secondary N) is 1. The van der Waals surface area contributed by atoms with Gasteiger partial charge in [0.05, 0.1) is 5.69 Å². The molecule has 0 spiro atoms. The Balaban J connectivity index is 1.29. The van der Waals surface area contributed by atoms with E-state index in [9.17, 15) is 14.0 Å². The number of amides is 2. The predicted octanol–water partition coefficient (Wildman–Crippen LogP) is 4.95. The van der Waals surface area contributed by atoms with Crippen LogP contribution in [-0.2, 0) is 15.3 Å². The highest BCUT2D eigenvalue weighted by Gasteiger charge is 2.41. The van der Waals surface area contributed by atoms with E-state index in [1.165, 1.54) is 30.3 Å². The molecule has 1 N–H and O–H groups in total. The molecule has 0 saturated heterocycles. The maximum atomic E-state index is 13.4. The molecular formula is C26H27FN4O2S. The molecule has 5 rings (SSSR count). The number of hydrogen-bond donors (Lipinski definition) is 1. The molecule has 2 aromatic rings. The predicted molar refractivity (Wildman–Crippen MR) is 133 cm³/mol. The van der Waals surface area contributed by atoms with E-state index in [1.807, 2.05) is 24.3 Å². The van der Waals surface area contributed by atoms with Crippen LogP contribution < -0.4 is 5.32 Å². The fraction of sp³-hybridized carbons (Fsp3) is 0.385. The zero-order chi connectivity index (χ0) is 23.5. The number of carbonyl (C=O) groups is 2. The summed E-state index contributed by atoms with van der Waals surface area (Å²) in [6.45, 7) is 0. The first kappa shape index (κ1) is 22.8. The molecule has 2 aliphatic heterocycles. The van der Waals surface area contributed by atoms with Crippen LogP contribution in [0.5, 0.6) is 0 Å². The van der Waals surface area contributed by atoms with E-state index in [0.29, 0.717) is 23.2 Å². The molecule has 1 fully saturated rings. The summed E-state index contributed by atoms with van der Waals surface area (Å²) in [4.78, 5) is 36.9. The van der Waals surface area contributed by atoms with E-state index in [4.69, 9.17) is 9.98 Å². The maximum absolute atomic E-state index is 13.4. The Kier molecular flexibility index (Phi) is 6.76. The second kappa shape index (κ2) is 10.1. The minimum Gasteiger partial charge on any atom is -0.353 e. The molecule has 0 unspecified atom stereocenters. The Morgan fingerprint density at radius 1 is 1.09 bits per heavy atom. The molecule has 2 heterocycles. The van der Waals surface area contributed by atoms with Gasteiger partial charge in [0.15, 0.2) is 5.17 Å². The van der Waals surface area contributed by atoms with E-state index in [1.54, 1.807) is 17.0 Å². The Morgan fingerprint density at radius 3 is 2.65 bits per heavy atom. The maximum Gasteiger partial charge on any atom is 0.259 e. The molecule has 0 aromatic heterocycles. The smallest absolute Gasteiger partial charge is 0.259 e. The van der Waals surface area contributed by atoms with Crippen molar-refractivity contribution in [2.24, 2.45) is 9.98 Å². The van der Waals surface area contributed by atoms with Crippen molar-refractivity contribution in [2.45, 2.75) is 62.8 Å². The van der Waals surface area contributed by atoms with Crippen molar-refractivity contribution in [2.75, 3.05) is 0 Å². The first-order valence-corrected chi connectivity index (χ1v) is 12.8. The van der Waals surface area contributed by atoms with Gasteiger partial charge in [0, 0.05) is 23.8 Å². The van der Waals surface area contributed by atoms with Gasteiger partial charge < -0.3 is 5.32 Å². The quantitative estimate of drug-likeness (QED) is 0.639. The second-order valence-corrected chi connectivity index (χ2v) is 9.85. The number of amidine groups is 2. The lowest BCUT2D eigenvalue weighted by Gasteiger charge is -2.25. The van der Waals surface area contributed by atoms with Crippen LogP contribution in [0.25, 0.3) is 0 Å². The molecule has 3 aliphatic rings. The molecular weight excluding hydrogens is 451 g/mol. The molecule has 1 aliphatic carbocycles. The summed E-state index contributed by atoms with van der Waals surface area (Å²) in [7, 11) is 0. The highest BCUT2D eigenvalue weighted by Crippen LogP contribution is 2.35. The Morgan fingerprint density at radius 2 is 1.85 bits per heavy atom. The largest absolute Gasteiger partial charge is 0.353 e. The van der Waals surface area contributed by atoms with Crippen LogP contribution in [0.4, 0.5) is 10.1 Å². The van der Waals surface area contributed by atoms with Gasteiger partial charge in [-0.15, -0.1) is 0 Å². The van der Waals surface area contributed by atoms with Crippen LogP contribution in [0, 0.1) is 5.82 Å². The molecule has 1 atom stereocenters. The monoisotopic (exact) mass is 478 g/mol. The molecule has 176 valence electrons. The molecule has 2 aromatic carbocycles. The number of carbonyl (C=O) groups excluding carboxylic acids is 2. The van der Waals surface area contributed by atoms with Crippen molar-refractivity contribution < 1.29 is 14.0 Å². The van der Waals surface area contributed by atoms with Crippen molar-refractivity contribution >= 4 is 40.3 Å². The van der Waals surface area contributed by atoms with Gasteiger partial charge in [-0.2, -0.15) is 0 Å². The van der Waals surface area contributed by atoms with Gasteiger partial charge in [-0.3, -0.25) is 14.6 Å². The number of rotatable bonds is 6. The Hall–Kier alpha value is -3.00. The number of fused-ring (bicyclic) bond motifs is 3. The lowest BCUT2D eigenvalue weighted by molar-refractivity contribution is -0.125. The molecule has 8 heteroatoms. The summed E-state index contributed by atoms with van der Waals surface area (Å²) in [5.74, 6) is 0.699. The fourth-order valence-corrected chi connectivity index (χ4v) is 5.59. The summed E-state index contributed by atoms with van der Waals surface area (Å²) >= 11 is 1.42. The number of hydrogen-bond acceptors (Lipinski definition) is 5. The van der Waals surface area contributed by atoms with Crippen LogP contribution in [0.3, 0.4) is 0 Å². The third kappa shape index (κ3) is 4.92. The van der Waals surface area contributed by atoms with Gasteiger partial charge in [0.25, 0.3) is 5.91 Å². The van der Waals surface area contributed by atoms with Gasteiger partial charge in [0.2, 0.25) is 5.91 Å². The number of para-hydroxylation sites is 1. The van der Waals surface area contributed by atoms with E-state index >= 15 is 0 Å². The summed E-state index contributed by atoms with van der Waals surface area (Å²) in [6.07, 6.45) is 6.26. The molecule has 2 amide bonds. The average Bonchev–Trinajstić information content (AvgIpc) is 3.19. The van der Waals surface area contributed by atoms with Gasteiger partial charge in [-0.05, 0) is 49.1 Å². The first-order chi connectivity index (χ1) is 16.6. The molecule has 34 heavy (non-hydrogen) atoms. The van der Waals surface area contributed by atoms with Gasteiger partial charge >= 0.3 is 0 Å². The third-order valence-corrected chi connectivity index (χ3v) is 7.45. The minimum atomic E-state index is -0.602. The molecule has 1 saturated carbocycles. The van der Waals surface area contributed by atoms with Gasteiger partial charge in [0.1, 0.15) is 17.7 Å². The molecule has 0 bridgehead atoms. The number of thioether (sulfide) groups is 1. The van der Waals surface area contributed by atoms with Crippen LogP contribution in [-0.4, -0.2) is 39.8 Å². The normalized spacial score (nSPS) is 19.9. The van der Waals surface area contributed by atoms with Crippen LogP contribution in [0.2, 0.25) is 0 Å². The zero-order valence-electron chi connectivity index (χ0n) is 18.9. The number of nitrogens with zero attached hydrogens (tertiary/aromatic N) is 3. The Labute approximate surface area is 202 Å². The topological polar surface area (TPSA) is 74.1 Å². The number of benzene rings is 2. The van der Waals surface area contributed by atoms with E-state index in [2.05, 4.69) is 5.32 Å². The fourth-order valence-electron chi connectivity index (χ4n) is 4.63. The molecule has 6 nitrogen and oxygen atoms in total. The SMILES string of the molecule is O=C(CC[C@H]1N=C2c3ccccc3N=C(SCc3ccc(F)cc3)N2C1=O)NC1CCCCC1. The Bertz CT molecular complexity index is 1140. The van der Waals surface area contributed by atoms with Crippen molar-refractivity contribution in [1.82, 2.24) is 10.2 Å². The van der Waals surface area contributed by atoms with Crippen molar-refractivity contribution in [1.29, 1.82) is 0 Å². The van der Waals surface area contributed by atoms with Crippen LogP contribution >= 0.6 is 11.8 Å². The molecule has 0 radical (unpaired) electrons. The standard InChI is InChI=1S/C26H27FN4O2S/c27-18-12-10-17(11-13-18)16-34-26-30-21-9-5-4-8-20(21)24-29-22(25(33)31(24)26)14-15-23(32)28-19-6-2-1-3-7-19/h4-5,8-13,19,22H,1-3,6-7,14-16H2,(H,28,32)/t22-/m1/s1. The van der Waals surface area contributed by atoms with Gasteiger partial charge in [-0.1, -0.05) is 55.3 Å². The van der Waals surface area contributed by atoms with Crippen molar-refractivity contribution in [3.63, 3.8) is 0 Å². The van der Waals surface area contributed by atoms with Crippen LogP contribution in [0.1, 0.15) is 56.1 Å². The van der Waals surface area contributed by atoms with Crippen LogP contribution in [0.15, 0.2) is 58.5 Å². The highest BCUT2D eigenvalue weighted by atomic mass is 32.2. The van der Waals surface area contributed by atoms with E-state index < -0.39 is 6.04 Å².